The predicted octanol–water partition coefficient (Wildman–Crippen LogP) is 3.16. The van der Waals surface area contributed by atoms with E-state index in [4.69, 9.17) is 0 Å². The van der Waals surface area contributed by atoms with Crippen molar-refractivity contribution in [1.82, 2.24) is 15.6 Å². The van der Waals surface area contributed by atoms with Gasteiger partial charge in [0.25, 0.3) is 0 Å². The molecule has 0 unspecified atom stereocenters. The number of halogens is 1. The Morgan fingerprint density at radius 3 is 2.52 bits per heavy atom. The molecule has 0 atom stereocenters. The lowest BCUT2D eigenvalue weighted by Gasteiger charge is -2.07. The van der Waals surface area contributed by atoms with Crippen LogP contribution in [0, 0.1) is 5.82 Å². The first-order valence-electron chi connectivity index (χ1n) is 8.91. The van der Waals surface area contributed by atoms with Crippen molar-refractivity contribution in [3.63, 3.8) is 0 Å². The maximum Gasteiger partial charge on any atom is 0.220 e. The van der Waals surface area contributed by atoms with Crippen LogP contribution in [0.15, 0.2) is 48.5 Å². The van der Waals surface area contributed by atoms with Crippen LogP contribution in [-0.2, 0) is 16.0 Å². The quantitative estimate of drug-likeness (QED) is 0.561. The van der Waals surface area contributed by atoms with E-state index in [-0.39, 0.29) is 24.1 Å². The maximum atomic E-state index is 13.8. The smallest absolute Gasteiger partial charge is 0.220 e. The van der Waals surface area contributed by atoms with Crippen LogP contribution in [-0.4, -0.2) is 29.9 Å². The third-order valence-electron chi connectivity index (χ3n) is 4.35. The van der Waals surface area contributed by atoms with Gasteiger partial charge in [0.2, 0.25) is 11.8 Å². The Morgan fingerprint density at radius 1 is 1.04 bits per heavy atom. The number of carbonyl (C=O) groups excluding carboxylic acids is 2. The fraction of sp³-hybridized carbons (Fsp3) is 0.238. The number of amides is 2. The average Bonchev–Trinajstić information content (AvgIpc) is 3.02. The van der Waals surface area contributed by atoms with Crippen LogP contribution < -0.4 is 10.6 Å². The predicted molar refractivity (Wildman–Crippen MR) is 104 cm³/mol. The number of carbonyl (C=O) groups is 2. The molecule has 3 rings (SSSR count). The van der Waals surface area contributed by atoms with Gasteiger partial charge in [-0.2, -0.15) is 0 Å². The van der Waals surface area contributed by atoms with Crippen LogP contribution in [0.4, 0.5) is 4.39 Å². The van der Waals surface area contributed by atoms with Gasteiger partial charge in [-0.1, -0.05) is 30.3 Å². The standard InChI is InChI=1S/C21H22FN3O2/c1-14(26)23-11-12-24-20(27)10-8-17-18-13-16(22)7-9-19(18)25-21(17)15-5-3-2-4-6-15/h2-7,9,13,25H,8,10-12H2,1H3,(H,23,26)(H,24,27). The van der Waals surface area contributed by atoms with Crippen molar-refractivity contribution >= 4 is 22.7 Å². The Kier molecular flexibility index (Phi) is 5.86. The summed E-state index contributed by atoms with van der Waals surface area (Å²) < 4.78 is 13.8. The Balaban J connectivity index is 1.77. The normalized spacial score (nSPS) is 10.7. The summed E-state index contributed by atoms with van der Waals surface area (Å²) in [6.45, 7) is 2.21. The molecule has 0 bridgehead atoms. The SMILES string of the molecule is CC(=O)NCCNC(=O)CCc1c(-c2ccccc2)[nH]c2ccc(F)cc12. The third kappa shape index (κ3) is 4.73. The van der Waals surface area contributed by atoms with Crippen LogP contribution in [0.5, 0.6) is 0 Å². The second-order valence-corrected chi connectivity index (χ2v) is 6.37. The molecule has 0 aliphatic carbocycles. The summed E-state index contributed by atoms with van der Waals surface area (Å²) in [5.74, 6) is -0.537. The number of aromatic nitrogens is 1. The van der Waals surface area contributed by atoms with Crippen LogP contribution in [0.1, 0.15) is 18.9 Å². The Hall–Kier alpha value is -3.15. The van der Waals surface area contributed by atoms with Crippen molar-refractivity contribution in [1.29, 1.82) is 0 Å². The molecule has 2 aromatic carbocycles. The van der Waals surface area contributed by atoms with Crippen molar-refractivity contribution in [2.45, 2.75) is 19.8 Å². The number of nitrogens with one attached hydrogen (secondary N) is 3. The van der Waals surface area contributed by atoms with Gasteiger partial charge in [-0.05, 0) is 35.7 Å². The van der Waals surface area contributed by atoms with Gasteiger partial charge in [0.15, 0.2) is 0 Å². The molecule has 0 saturated carbocycles. The minimum Gasteiger partial charge on any atom is -0.355 e. The van der Waals surface area contributed by atoms with Crippen molar-refractivity contribution in [2.75, 3.05) is 13.1 Å². The number of aromatic amines is 1. The largest absolute Gasteiger partial charge is 0.355 e. The molecule has 140 valence electrons. The molecule has 3 aromatic rings. The lowest BCUT2D eigenvalue weighted by atomic mass is 10.0. The second-order valence-electron chi connectivity index (χ2n) is 6.37. The van der Waals surface area contributed by atoms with E-state index in [2.05, 4.69) is 15.6 Å². The van der Waals surface area contributed by atoms with Crippen molar-refractivity contribution in [3.05, 3.63) is 59.9 Å². The van der Waals surface area contributed by atoms with Gasteiger partial charge in [0.05, 0.1) is 0 Å². The second kappa shape index (κ2) is 8.49. The summed E-state index contributed by atoms with van der Waals surface area (Å²) >= 11 is 0. The van der Waals surface area contributed by atoms with E-state index in [1.807, 2.05) is 30.3 Å². The summed E-state index contributed by atoms with van der Waals surface area (Å²) in [6, 6.07) is 14.4. The van der Waals surface area contributed by atoms with Crippen LogP contribution in [0.25, 0.3) is 22.2 Å². The average molecular weight is 367 g/mol. The molecule has 2 amide bonds. The summed E-state index contributed by atoms with van der Waals surface area (Å²) in [6.07, 6.45) is 0.767. The van der Waals surface area contributed by atoms with Crippen LogP contribution in [0.2, 0.25) is 0 Å². The summed E-state index contributed by atoms with van der Waals surface area (Å²) in [7, 11) is 0. The molecule has 0 radical (unpaired) electrons. The third-order valence-corrected chi connectivity index (χ3v) is 4.35. The number of benzene rings is 2. The first kappa shape index (κ1) is 18.6. The van der Waals surface area contributed by atoms with E-state index < -0.39 is 0 Å². The van der Waals surface area contributed by atoms with E-state index in [9.17, 15) is 14.0 Å². The highest BCUT2D eigenvalue weighted by Crippen LogP contribution is 2.31. The number of fused-ring (bicyclic) bond motifs is 1. The van der Waals surface area contributed by atoms with Gasteiger partial charge in [-0.25, -0.2) is 4.39 Å². The fourth-order valence-electron chi connectivity index (χ4n) is 3.10. The van der Waals surface area contributed by atoms with Gasteiger partial charge < -0.3 is 15.6 Å². The zero-order valence-corrected chi connectivity index (χ0v) is 15.1. The van der Waals surface area contributed by atoms with Gasteiger partial charge in [-0.15, -0.1) is 0 Å². The van der Waals surface area contributed by atoms with Crippen molar-refractivity contribution in [3.8, 4) is 11.3 Å². The molecule has 6 heteroatoms. The number of H-pyrrole nitrogens is 1. The molecule has 1 aromatic heterocycles. The van der Waals surface area contributed by atoms with Crippen molar-refractivity contribution < 1.29 is 14.0 Å². The monoisotopic (exact) mass is 367 g/mol. The molecule has 0 aliphatic rings. The summed E-state index contributed by atoms with van der Waals surface area (Å²) in [4.78, 5) is 26.3. The van der Waals surface area contributed by atoms with E-state index in [1.165, 1.54) is 19.1 Å². The molecular formula is C21H22FN3O2. The lowest BCUT2D eigenvalue weighted by Crippen LogP contribution is -2.33. The van der Waals surface area contributed by atoms with Gasteiger partial charge in [-0.3, -0.25) is 9.59 Å². The van der Waals surface area contributed by atoms with E-state index >= 15 is 0 Å². The molecule has 0 fully saturated rings. The maximum absolute atomic E-state index is 13.8. The molecule has 0 aliphatic heterocycles. The first-order chi connectivity index (χ1) is 13.0. The molecule has 0 spiro atoms. The highest BCUT2D eigenvalue weighted by atomic mass is 19.1. The first-order valence-corrected chi connectivity index (χ1v) is 8.91. The Morgan fingerprint density at radius 2 is 1.78 bits per heavy atom. The van der Waals surface area contributed by atoms with Gasteiger partial charge in [0, 0.05) is 43.0 Å². The highest BCUT2D eigenvalue weighted by molar-refractivity contribution is 5.91. The highest BCUT2D eigenvalue weighted by Gasteiger charge is 2.15. The number of hydrogen-bond donors (Lipinski definition) is 3. The van der Waals surface area contributed by atoms with Crippen LogP contribution in [0.3, 0.4) is 0 Å². The Labute approximate surface area is 157 Å². The van der Waals surface area contributed by atoms with Crippen LogP contribution >= 0.6 is 0 Å². The minimum absolute atomic E-state index is 0.106. The molecule has 5 nitrogen and oxygen atoms in total. The number of aryl methyl sites for hydroxylation is 1. The molecule has 0 saturated heterocycles. The Bertz CT molecular complexity index is 951. The zero-order valence-electron chi connectivity index (χ0n) is 15.1. The van der Waals surface area contributed by atoms with Gasteiger partial charge >= 0.3 is 0 Å². The van der Waals surface area contributed by atoms with Crippen molar-refractivity contribution in [2.24, 2.45) is 0 Å². The lowest BCUT2D eigenvalue weighted by molar-refractivity contribution is -0.122. The number of hydrogen-bond acceptors (Lipinski definition) is 2. The fourth-order valence-corrected chi connectivity index (χ4v) is 3.10. The van der Waals surface area contributed by atoms with Gasteiger partial charge in [0.1, 0.15) is 5.82 Å². The zero-order chi connectivity index (χ0) is 19.2. The van der Waals surface area contributed by atoms with E-state index in [0.29, 0.717) is 19.5 Å². The summed E-state index contributed by atoms with van der Waals surface area (Å²) in [5, 5.41) is 6.20. The topological polar surface area (TPSA) is 74.0 Å². The molecule has 27 heavy (non-hydrogen) atoms. The number of rotatable bonds is 7. The molecule has 3 N–H and O–H groups in total. The molecule has 1 heterocycles. The van der Waals surface area contributed by atoms with E-state index in [0.717, 1.165) is 27.7 Å². The minimum atomic E-state index is -0.304. The van der Waals surface area contributed by atoms with E-state index in [1.54, 1.807) is 6.07 Å². The molecular weight excluding hydrogens is 345 g/mol. The summed E-state index contributed by atoms with van der Waals surface area (Å²) in [5.41, 5.74) is 3.67.